The molecule has 0 heterocycles. The second-order valence-corrected chi connectivity index (χ2v) is 12.8. The Kier molecular flexibility index (Phi) is 10.3. The van der Waals surface area contributed by atoms with Crippen LogP contribution in [0.3, 0.4) is 0 Å². The van der Waals surface area contributed by atoms with E-state index in [1.807, 2.05) is 60.7 Å². The van der Waals surface area contributed by atoms with Gasteiger partial charge in [0.2, 0.25) is 9.84 Å². The molecular weight excluding hydrogens is 640 g/mol. The average molecular weight is 675 g/mol. The molecule has 248 valence electrons. The van der Waals surface area contributed by atoms with E-state index >= 15 is 0 Å². The second-order valence-electron chi connectivity index (χ2n) is 10.9. The number of hydrogen-bond acceptors (Lipinski definition) is 8. The van der Waals surface area contributed by atoms with Crippen molar-refractivity contribution in [3.05, 3.63) is 146 Å². The van der Waals surface area contributed by atoms with Crippen LogP contribution in [-0.4, -0.2) is 45.1 Å². The molecule has 0 saturated carbocycles. The first-order chi connectivity index (χ1) is 23.9. The highest BCUT2D eigenvalue weighted by Gasteiger charge is 2.27. The van der Waals surface area contributed by atoms with Crippen LogP contribution in [0, 0.1) is 0 Å². The monoisotopic (exact) mass is 674 g/mol. The van der Waals surface area contributed by atoms with Crippen LogP contribution >= 0.6 is 0 Å². The summed E-state index contributed by atoms with van der Waals surface area (Å²) in [5.41, 5.74) is 1.95. The van der Waals surface area contributed by atoms with Crippen LogP contribution in [0.1, 0.15) is 0 Å². The lowest BCUT2D eigenvalue weighted by Crippen LogP contribution is -2.11. The molecule has 0 atom stereocenters. The van der Waals surface area contributed by atoms with Crippen molar-refractivity contribution >= 4 is 9.84 Å². The molecule has 6 aromatic rings. The van der Waals surface area contributed by atoms with Gasteiger partial charge in [0, 0.05) is 11.1 Å². The Morgan fingerprint density at radius 3 is 1.12 bits per heavy atom. The van der Waals surface area contributed by atoms with Gasteiger partial charge in [0.1, 0.15) is 60.9 Å². The Morgan fingerprint density at radius 1 is 0.408 bits per heavy atom. The highest BCUT2D eigenvalue weighted by atomic mass is 32.2. The molecule has 49 heavy (non-hydrogen) atoms. The average Bonchev–Trinajstić information content (AvgIpc) is 3.13. The molecule has 2 N–H and O–H groups in total. The van der Waals surface area contributed by atoms with Crippen molar-refractivity contribution in [3.8, 4) is 56.8 Å². The molecule has 0 aromatic heterocycles. The lowest BCUT2D eigenvalue weighted by atomic mass is 10.0. The van der Waals surface area contributed by atoms with Crippen LogP contribution in [0.4, 0.5) is 0 Å². The smallest absolute Gasteiger partial charge is 0.207 e. The summed E-state index contributed by atoms with van der Waals surface area (Å²) in [7, 11) is -4.16. The van der Waals surface area contributed by atoms with E-state index in [0.29, 0.717) is 47.0 Å². The molecule has 8 nitrogen and oxygen atoms in total. The molecule has 0 fully saturated rings. The number of sulfone groups is 1. The van der Waals surface area contributed by atoms with Crippen LogP contribution in [-0.2, 0) is 9.84 Å². The highest BCUT2D eigenvalue weighted by Crippen LogP contribution is 2.40. The Bertz CT molecular complexity index is 1940. The molecule has 0 aliphatic rings. The van der Waals surface area contributed by atoms with Gasteiger partial charge in [-0.25, -0.2) is 8.42 Å². The van der Waals surface area contributed by atoms with Crippen molar-refractivity contribution in [2.45, 2.75) is 9.79 Å². The quantitative estimate of drug-likeness (QED) is 0.111. The van der Waals surface area contributed by atoms with Crippen molar-refractivity contribution in [1.82, 2.24) is 0 Å². The summed E-state index contributed by atoms with van der Waals surface area (Å²) in [6.45, 7) is 1.06. The lowest BCUT2D eigenvalue weighted by molar-refractivity contribution is 0.217. The van der Waals surface area contributed by atoms with Gasteiger partial charge in [-0.1, -0.05) is 60.7 Å². The molecule has 6 aromatic carbocycles. The minimum Gasteiger partial charge on any atom is -0.508 e. The maximum atomic E-state index is 14.6. The zero-order valence-corrected chi connectivity index (χ0v) is 27.3. The SMILES string of the molecule is O=S(=O)(c1ccc(OCCOc2ccccc2)cc1-c1ccc(O)cc1)c1ccc(OCCOc2ccccc2)cc1-c1ccc(O)cc1. The topological polar surface area (TPSA) is 112 Å². The fourth-order valence-electron chi connectivity index (χ4n) is 5.19. The predicted molar refractivity (Wildman–Crippen MR) is 187 cm³/mol. The number of benzene rings is 6. The number of para-hydroxylation sites is 2. The predicted octanol–water partition coefficient (Wildman–Crippen LogP) is 8.18. The van der Waals surface area contributed by atoms with Gasteiger partial charge in [-0.15, -0.1) is 0 Å². The molecular formula is C40H34O8S. The number of phenolic OH excluding ortho intramolecular Hbond substituents is 2. The Morgan fingerprint density at radius 2 is 0.755 bits per heavy atom. The minimum atomic E-state index is -4.16. The summed E-state index contributed by atoms with van der Waals surface area (Å²) in [6.07, 6.45) is 0. The number of hydrogen-bond donors (Lipinski definition) is 2. The first-order valence-corrected chi connectivity index (χ1v) is 17.1. The van der Waals surface area contributed by atoms with E-state index in [2.05, 4.69) is 0 Å². The largest absolute Gasteiger partial charge is 0.508 e. The van der Waals surface area contributed by atoms with Gasteiger partial charge in [-0.05, 0) is 96.1 Å². The van der Waals surface area contributed by atoms with Crippen LogP contribution in [0.5, 0.6) is 34.5 Å². The van der Waals surface area contributed by atoms with E-state index in [4.69, 9.17) is 18.9 Å². The van der Waals surface area contributed by atoms with Crippen LogP contribution in [0.25, 0.3) is 22.3 Å². The summed E-state index contributed by atoms with van der Waals surface area (Å²) in [4.78, 5) is 0.104. The van der Waals surface area contributed by atoms with Gasteiger partial charge in [0.25, 0.3) is 0 Å². The van der Waals surface area contributed by atoms with Gasteiger partial charge in [0.05, 0.1) is 9.79 Å². The molecule has 0 spiro atoms. The molecule has 6 rings (SSSR count). The third-order valence-corrected chi connectivity index (χ3v) is 9.44. The zero-order chi connectivity index (χ0) is 34.1. The number of aromatic hydroxyl groups is 2. The summed E-state index contributed by atoms with van der Waals surface area (Å²) in [5.74, 6) is 2.46. The van der Waals surface area contributed by atoms with Gasteiger partial charge >= 0.3 is 0 Å². The Labute approximate surface area is 285 Å². The van der Waals surface area contributed by atoms with E-state index in [0.717, 1.165) is 11.5 Å². The zero-order valence-electron chi connectivity index (χ0n) is 26.4. The van der Waals surface area contributed by atoms with Crippen LogP contribution in [0.2, 0.25) is 0 Å². The minimum absolute atomic E-state index is 0.0519. The molecule has 0 unspecified atom stereocenters. The highest BCUT2D eigenvalue weighted by molar-refractivity contribution is 7.91. The van der Waals surface area contributed by atoms with Crippen molar-refractivity contribution in [2.75, 3.05) is 26.4 Å². The standard InChI is InChI=1S/C40H34O8S/c41-31-15-11-29(12-16-31)37-27-35(47-25-23-45-33-7-3-1-4-8-33)19-21-39(37)49(43,44)40-22-20-36(28-38(40)30-13-17-32(42)18-14-30)48-26-24-46-34-9-5-2-6-10-34/h1-22,27-28,41-42H,23-26H2. The van der Waals surface area contributed by atoms with E-state index in [9.17, 15) is 18.6 Å². The van der Waals surface area contributed by atoms with E-state index in [1.165, 1.54) is 36.4 Å². The van der Waals surface area contributed by atoms with Gasteiger partial charge < -0.3 is 29.2 Å². The second kappa shape index (κ2) is 15.3. The van der Waals surface area contributed by atoms with Gasteiger partial charge in [-0.2, -0.15) is 0 Å². The molecule has 0 radical (unpaired) electrons. The number of rotatable bonds is 14. The third-order valence-electron chi connectivity index (χ3n) is 7.57. The van der Waals surface area contributed by atoms with Crippen molar-refractivity contribution < 1.29 is 37.6 Å². The van der Waals surface area contributed by atoms with E-state index in [1.54, 1.807) is 48.5 Å². The maximum absolute atomic E-state index is 14.6. The molecule has 0 aliphatic heterocycles. The summed E-state index contributed by atoms with van der Waals surface area (Å²) in [5, 5.41) is 19.9. The fraction of sp³-hybridized carbons (Fsp3) is 0.100. The van der Waals surface area contributed by atoms with Crippen LogP contribution in [0.15, 0.2) is 155 Å². The fourth-order valence-corrected chi connectivity index (χ4v) is 6.85. The van der Waals surface area contributed by atoms with E-state index in [-0.39, 0.29) is 34.5 Å². The molecule has 0 aliphatic carbocycles. The summed E-state index contributed by atoms with van der Waals surface area (Å²) >= 11 is 0. The lowest BCUT2D eigenvalue weighted by Gasteiger charge is -2.17. The van der Waals surface area contributed by atoms with Crippen molar-refractivity contribution in [1.29, 1.82) is 0 Å². The van der Waals surface area contributed by atoms with Gasteiger partial charge in [-0.3, -0.25) is 0 Å². The molecule has 0 amide bonds. The summed E-state index contributed by atoms with van der Waals surface area (Å²) < 4.78 is 52.6. The number of ether oxygens (including phenoxy) is 4. The normalized spacial score (nSPS) is 11.1. The Balaban J connectivity index is 1.31. The molecule has 9 heteroatoms. The first-order valence-electron chi connectivity index (χ1n) is 15.6. The van der Waals surface area contributed by atoms with Crippen LogP contribution < -0.4 is 18.9 Å². The Hall–Kier alpha value is -5.93. The first kappa shape index (κ1) is 33.0. The van der Waals surface area contributed by atoms with Crippen molar-refractivity contribution in [3.63, 3.8) is 0 Å². The number of phenols is 2. The molecule has 0 bridgehead atoms. The van der Waals surface area contributed by atoms with Crippen molar-refractivity contribution in [2.24, 2.45) is 0 Å². The third kappa shape index (κ3) is 8.33. The van der Waals surface area contributed by atoms with E-state index < -0.39 is 9.84 Å². The maximum Gasteiger partial charge on any atom is 0.207 e. The summed E-state index contributed by atoms with van der Waals surface area (Å²) in [6, 6.07) is 41.0. The van der Waals surface area contributed by atoms with Gasteiger partial charge in [0.15, 0.2) is 0 Å². The molecule has 0 saturated heterocycles.